The summed E-state index contributed by atoms with van der Waals surface area (Å²) in [5.74, 6) is 0.909. The molecule has 0 bridgehead atoms. The van der Waals surface area contributed by atoms with Crippen molar-refractivity contribution < 1.29 is 13.3 Å². The fourth-order valence-corrected chi connectivity index (χ4v) is 25.8. The standard InChI is InChI=1S/C21H35NO3S9Si/c1-19(2,3)23-35(24-20(4,5)6,25-21(7,8)9)15-14-26-29-31-33-34-32-30-28-18-22-16-12-10-11-13-17(16)27-18/h10-13H,14-15H2,1-9H3. The molecule has 0 saturated carbocycles. The number of rotatable bonds is 14. The normalized spacial score (nSPS) is 13.6. The van der Waals surface area contributed by atoms with Crippen LogP contribution in [-0.2, 0) is 13.3 Å². The maximum atomic E-state index is 6.55. The molecule has 1 heterocycles. The second-order valence-corrected chi connectivity index (χ2v) is 27.1. The van der Waals surface area contributed by atoms with Crippen LogP contribution in [-0.4, -0.2) is 36.3 Å². The Bertz CT molecular complexity index is 823. The van der Waals surface area contributed by atoms with Gasteiger partial charge in [0.1, 0.15) is 0 Å². The van der Waals surface area contributed by atoms with Crippen LogP contribution in [0.1, 0.15) is 62.3 Å². The number of nitrogens with zero attached hydrogens (tertiary/aromatic N) is 1. The van der Waals surface area contributed by atoms with E-state index in [1.807, 2.05) is 16.9 Å². The molecule has 14 heteroatoms. The van der Waals surface area contributed by atoms with Crippen LogP contribution in [0.4, 0.5) is 0 Å². The van der Waals surface area contributed by atoms with Crippen molar-refractivity contribution in [1.29, 1.82) is 0 Å². The maximum absolute atomic E-state index is 6.55. The number of hydrogen-bond donors (Lipinski definition) is 0. The van der Waals surface area contributed by atoms with E-state index in [1.165, 1.54) is 4.70 Å². The number of fused-ring (bicyclic) bond motifs is 1. The summed E-state index contributed by atoms with van der Waals surface area (Å²) < 4.78 is 22.0. The van der Waals surface area contributed by atoms with Gasteiger partial charge < -0.3 is 13.3 Å². The Kier molecular flexibility index (Phi) is 14.4. The largest absolute Gasteiger partial charge is 0.503 e. The molecule has 0 aliphatic rings. The first kappa shape index (κ1) is 33.2. The van der Waals surface area contributed by atoms with E-state index in [-0.39, 0.29) is 16.8 Å². The van der Waals surface area contributed by atoms with E-state index in [2.05, 4.69) is 85.5 Å². The van der Waals surface area contributed by atoms with Gasteiger partial charge in [0.25, 0.3) is 0 Å². The molecular weight excluding hydrogens is 631 g/mol. The summed E-state index contributed by atoms with van der Waals surface area (Å²) in [6.45, 7) is 18.7. The zero-order valence-electron chi connectivity index (χ0n) is 21.6. The van der Waals surface area contributed by atoms with Crippen LogP contribution in [0.5, 0.6) is 0 Å². The number of aromatic nitrogens is 1. The fourth-order valence-electron chi connectivity index (χ4n) is 2.81. The van der Waals surface area contributed by atoms with Gasteiger partial charge in [-0.15, -0.1) is 11.3 Å². The minimum absolute atomic E-state index is 0.333. The first-order valence-electron chi connectivity index (χ1n) is 10.9. The van der Waals surface area contributed by atoms with Crippen LogP contribution in [0.25, 0.3) is 10.2 Å². The summed E-state index contributed by atoms with van der Waals surface area (Å²) in [5.41, 5.74) is 0.0810. The highest BCUT2D eigenvalue weighted by atomic mass is 34.0. The lowest BCUT2D eigenvalue weighted by Crippen LogP contribution is -2.57. The van der Waals surface area contributed by atoms with E-state index in [0.29, 0.717) is 0 Å². The predicted molar refractivity (Wildman–Crippen MR) is 177 cm³/mol. The zero-order chi connectivity index (χ0) is 26.2. The van der Waals surface area contributed by atoms with E-state index >= 15 is 0 Å². The molecular formula is C21H35NO3S9Si. The van der Waals surface area contributed by atoms with Gasteiger partial charge >= 0.3 is 8.80 Å². The van der Waals surface area contributed by atoms with Gasteiger partial charge in [-0.05, 0) is 144 Å². The van der Waals surface area contributed by atoms with E-state index in [9.17, 15) is 0 Å². The van der Waals surface area contributed by atoms with Crippen LogP contribution in [0.15, 0.2) is 28.6 Å². The van der Waals surface area contributed by atoms with E-state index < -0.39 is 8.80 Å². The highest BCUT2D eigenvalue weighted by Crippen LogP contribution is 2.58. The summed E-state index contributed by atoms with van der Waals surface area (Å²) in [6.07, 6.45) is 0. The van der Waals surface area contributed by atoms with Crippen molar-refractivity contribution in [3.8, 4) is 0 Å². The van der Waals surface area contributed by atoms with Crippen molar-refractivity contribution in [2.75, 3.05) is 5.75 Å². The summed E-state index contributed by atoms with van der Waals surface area (Å²) >= 11 is 1.75. The van der Waals surface area contributed by atoms with Crippen LogP contribution in [0.3, 0.4) is 0 Å². The topological polar surface area (TPSA) is 40.6 Å². The molecule has 35 heavy (non-hydrogen) atoms. The molecule has 0 aliphatic heterocycles. The zero-order valence-corrected chi connectivity index (χ0v) is 29.9. The third-order valence-corrected chi connectivity index (χ3v) is 23.9. The molecule has 0 atom stereocenters. The van der Waals surface area contributed by atoms with Crippen molar-refractivity contribution in [1.82, 2.24) is 4.98 Å². The van der Waals surface area contributed by atoms with E-state index in [1.54, 1.807) is 81.1 Å². The van der Waals surface area contributed by atoms with Gasteiger partial charge in [-0.25, -0.2) is 4.98 Å². The Hall–Kier alpha value is 2.01. The van der Waals surface area contributed by atoms with Crippen LogP contribution in [0, 0.1) is 0 Å². The molecule has 0 radical (unpaired) electrons. The molecule has 0 aliphatic carbocycles. The Labute approximate surface area is 246 Å². The molecule has 2 aromatic rings. The molecule has 1 aromatic heterocycles. The smallest absolute Gasteiger partial charge is 0.368 e. The second-order valence-electron chi connectivity index (χ2n) is 10.3. The van der Waals surface area contributed by atoms with Gasteiger partial charge in [-0.2, -0.15) is 0 Å². The number of benzene rings is 1. The lowest BCUT2D eigenvalue weighted by atomic mass is 10.2. The lowest BCUT2D eigenvalue weighted by molar-refractivity contribution is -0.0743. The average Bonchev–Trinajstić information content (AvgIpc) is 3.08. The average molecular weight is 666 g/mol. The number of thiazole rings is 1. The van der Waals surface area contributed by atoms with Crippen LogP contribution < -0.4 is 0 Å². The number of hydrogen-bond acceptors (Lipinski definition) is 13. The Balaban J connectivity index is 1.70. The Morgan fingerprint density at radius 1 is 0.743 bits per heavy atom. The van der Waals surface area contributed by atoms with Gasteiger partial charge in [0, 0.05) is 11.8 Å². The van der Waals surface area contributed by atoms with Gasteiger partial charge in [-0.1, -0.05) is 22.9 Å². The van der Waals surface area contributed by atoms with Crippen LogP contribution >= 0.6 is 91.9 Å². The van der Waals surface area contributed by atoms with Gasteiger partial charge in [-0.3, -0.25) is 0 Å². The first-order chi connectivity index (χ1) is 16.2. The molecule has 2 rings (SSSR count). The quantitative estimate of drug-likeness (QED) is 0.109. The molecule has 0 saturated heterocycles. The molecule has 0 spiro atoms. The minimum atomic E-state index is -2.90. The molecule has 0 fully saturated rings. The monoisotopic (exact) mass is 665 g/mol. The molecule has 0 amide bonds. The molecule has 0 N–H and O–H groups in total. The summed E-state index contributed by atoms with van der Waals surface area (Å²) in [7, 11) is 11.3. The van der Waals surface area contributed by atoms with Crippen molar-refractivity contribution >= 4 is 111 Å². The van der Waals surface area contributed by atoms with Crippen molar-refractivity contribution in [3.63, 3.8) is 0 Å². The highest BCUT2D eigenvalue weighted by molar-refractivity contribution is 9.48. The number of para-hydroxylation sites is 1. The molecule has 200 valence electrons. The van der Waals surface area contributed by atoms with E-state index in [0.717, 1.165) is 21.7 Å². The Morgan fingerprint density at radius 3 is 1.80 bits per heavy atom. The third kappa shape index (κ3) is 14.8. The summed E-state index contributed by atoms with van der Waals surface area (Å²) in [6, 6.07) is 9.06. The lowest BCUT2D eigenvalue weighted by Gasteiger charge is -2.43. The van der Waals surface area contributed by atoms with Crippen LogP contribution in [0.2, 0.25) is 6.04 Å². The SMILES string of the molecule is CC(C)(C)O[Si](CCSSSSSSSSc1nc2ccccc2s1)(OC(C)(C)C)OC(C)(C)C. The van der Waals surface area contributed by atoms with Gasteiger partial charge in [0.2, 0.25) is 0 Å². The third-order valence-electron chi connectivity index (χ3n) is 3.44. The summed E-state index contributed by atoms with van der Waals surface area (Å²) in [5, 5.41) is 0. The minimum Gasteiger partial charge on any atom is -0.368 e. The highest BCUT2D eigenvalue weighted by Gasteiger charge is 2.49. The molecule has 0 unspecified atom stereocenters. The van der Waals surface area contributed by atoms with E-state index in [4.69, 9.17) is 13.3 Å². The summed E-state index contributed by atoms with van der Waals surface area (Å²) in [4.78, 5) is 4.66. The fraction of sp³-hybridized carbons (Fsp3) is 0.667. The van der Waals surface area contributed by atoms with Crippen molar-refractivity contribution in [2.24, 2.45) is 0 Å². The molecule has 1 aromatic carbocycles. The van der Waals surface area contributed by atoms with Crippen molar-refractivity contribution in [3.05, 3.63) is 24.3 Å². The predicted octanol–water partition coefficient (Wildman–Crippen LogP) is 11.3. The van der Waals surface area contributed by atoms with Gasteiger partial charge in [0.05, 0.1) is 27.0 Å². The maximum Gasteiger partial charge on any atom is 0.503 e. The second kappa shape index (κ2) is 15.1. The molecule has 4 nitrogen and oxygen atoms in total. The van der Waals surface area contributed by atoms with Gasteiger partial charge in [0.15, 0.2) is 4.34 Å². The Morgan fingerprint density at radius 2 is 1.26 bits per heavy atom. The van der Waals surface area contributed by atoms with Crippen molar-refractivity contribution in [2.45, 2.75) is 89.5 Å². The first-order valence-corrected chi connectivity index (χ1v) is 24.0.